The molecule has 0 amide bonds. The number of para-hydroxylation sites is 2. The normalized spacial score (nSPS) is 18.0. The summed E-state index contributed by atoms with van der Waals surface area (Å²) in [5.41, 5.74) is 8.05. The fourth-order valence-corrected chi connectivity index (χ4v) is 5.45. The minimum Gasteiger partial charge on any atom is -0.318 e. The Bertz CT molecular complexity index is 1630. The lowest BCUT2D eigenvalue weighted by atomic mass is 9.85. The molecule has 0 saturated carbocycles. The van der Waals surface area contributed by atoms with Crippen LogP contribution in [0.2, 0.25) is 0 Å². The van der Waals surface area contributed by atoms with Crippen LogP contribution in [0.4, 0.5) is 11.5 Å². The first-order chi connectivity index (χ1) is 17.4. The zero-order valence-electron chi connectivity index (χ0n) is 19.1. The van der Waals surface area contributed by atoms with Crippen molar-refractivity contribution in [3.63, 3.8) is 0 Å². The largest absolute Gasteiger partial charge is 0.318 e. The standard InChI is InChI=1S/C32H23N3/c1-6-14-28-22(9-1)17-18-29(34-28)23-19-20-33-32(21-23)35-30-15-7-4-12-26(30)24-10-2-3-11-25(24)27-13-5-8-16-31(27)35/h1-21,26,30H. The number of rotatable bonds is 2. The second-order valence-corrected chi connectivity index (χ2v) is 9.05. The van der Waals surface area contributed by atoms with Gasteiger partial charge in [0.15, 0.2) is 0 Å². The van der Waals surface area contributed by atoms with E-state index in [0.717, 1.165) is 28.0 Å². The van der Waals surface area contributed by atoms with Gasteiger partial charge < -0.3 is 4.90 Å². The number of hydrogen-bond acceptors (Lipinski definition) is 3. The van der Waals surface area contributed by atoms with E-state index in [1.807, 2.05) is 24.4 Å². The topological polar surface area (TPSA) is 29.0 Å². The van der Waals surface area contributed by atoms with E-state index in [9.17, 15) is 0 Å². The van der Waals surface area contributed by atoms with Crippen molar-refractivity contribution in [1.82, 2.24) is 9.97 Å². The monoisotopic (exact) mass is 449 g/mol. The van der Waals surface area contributed by atoms with E-state index in [4.69, 9.17) is 9.97 Å². The van der Waals surface area contributed by atoms with Gasteiger partial charge in [-0.2, -0.15) is 0 Å². The van der Waals surface area contributed by atoms with E-state index in [2.05, 4.69) is 108 Å². The van der Waals surface area contributed by atoms with Crippen LogP contribution in [0.25, 0.3) is 33.3 Å². The van der Waals surface area contributed by atoms with Gasteiger partial charge in [-0.15, -0.1) is 0 Å². The summed E-state index contributed by atoms with van der Waals surface area (Å²) in [6.45, 7) is 0. The smallest absolute Gasteiger partial charge is 0.134 e. The minimum atomic E-state index is 0.122. The van der Waals surface area contributed by atoms with E-state index in [1.165, 1.54) is 22.4 Å². The van der Waals surface area contributed by atoms with Gasteiger partial charge in [0.2, 0.25) is 0 Å². The first kappa shape index (κ1) is 19.9. The molecule has 2 aromatic heterocycles. The zero-order chi connectivity index (χ0) is 23.2. The molecule has 35 heavy (non-hydrogen) atoms. The van der Waals surface area contributed by atoms with Crippen molar-refractivity contribution in [2.75, 3.05) is 4.90 Å². The average molecular weight is 450 g/mol. The van der Waals surface area contributed by atoms with Crippen LogP contribution in [0, 0.1) is 0 Å². The van der Waals surface area contributed by atoms with E-state index < -0.39 is 0 Å². The van der Waals surface area contributed by atoms with Crippen LogP contribution in [0.15, 0.2) is 128 Å². The van der Waals surface area contributed by atoms with E-state index in [0.29, 0.717) is 0 Å². The second-order valence-electron chi connectivity index (χ2n) is 9.05. The molecule has 0 radical (unpaired) electrons. The summed E-state index contributed by atoms with van der Waals surface area (Å²) < 4.78 is 0. The van der Waals surface area contributed by atoms with Crippen molar-refractivity contribution in [3.05, 3.63) is 133 Å². The Morgan fingerprint density at radius 3 is 2.46 bits per heavy atom. The molecule has 3 aromatic carbocycles. The van der Waals surface area contributed by atoms with Gasteiger partial charge in [-0.1, -0.05) is 91.0 Å². The Labute approximate surface area is 204 Å². The molecule has 166 valence electrons. The van der Waals surface area contributed by atoms with Crippen LogP contribution in [0.1, 0.15) is 11.5 Å². The van der Waals surface area contributed by atoms with Crippen molar-refractivity contribution < 1.29 is 0 Å². The van der Waals surface area contributed by atoms with Crippen LogP contribution in [-0.4, -0.2) is 16.0 Å². The minimum absolute atomic E-state index is 0.122. The number of anilines is 2. The van der Waals surface area contributed by atoms with Gasteiger partial charge in [-0.3, -0.25) is 0 Å². The molecule has 0 N–H and O–H groups in total. The van der Waals surface area contributed by atoms with Gasteiger partial charge in [-0.05, 0) is 41.5 Å². The van der Waals surface area contributed by atoms with Gasteiger partial charge in [0.1, 0.15) is 5.82 Å². The third-order valence-electron chi connectivity index (χ3n) is 7.06. The highest BCUT2D eigenvalue weighted by Crippen LogP contribution is 2.47. The van der Waals surface area contributed by atoms with Crippen LogP contribution >= 0.6 is 0 Å². The van der Waals surface area contributed by atoms with Gasteiger partial charge in [0.05, 0.1) is 22.9 Å². The number of pyridine rings is 2. The Morgan fingerprint density at radius 2 is 1.49 bits per heavy atom. The first-order valence-electron chi connectivity index (χ1n) is 12.0. The number of nitrogens with zero attached hydrogens (tertiary/aromatic N) is 3. The fraction of sp³-hybridized carbons (Fsp3) is 0.0625. The van der Waals surface area contributed by atoms with Gasteiger partial charge in [0.25, 0.3) is 0 Å². The molecule has 0 saturated heterocycles. The molecule has 7 rings (SSSR count). The predicted molar refractivity (Wildman–Crippen MR) is 144 cm³/mol. The SMILES string of the molecule is C1=CC2c3ccccc3-c3ccccc3N(c3cc(-c4ccc5ccccc5n4)ccn3)C2C=C1. The summed E-state index contributed by atoms with van der Waals surface area (Å²) in [6, 6.07) is 34.3. The average Bonchev–Trinajstić information content (AvgIpc) is 3.06. The highest BCUT2D eigenvalue weighted by molar-refractivity contribution is 5.87. The molecule has 2 unspecified atom stereocenters. The second kappa shape index (κ2) is 8.07. The van der Waals surface area contributed by atoms with Crippen molar-refractivity contribution in [2.45, 2.75) is 12.0 Å². The number of fused-ring (bicyclic) bond motifs is 6. The van der Waals surface area contributed by atoms with Gasteiger partial charge in [-0.25, -0.2) is 9.97 Å². The summed E-state index contributed by atoms with van der Waals surface area (Å²) in [7, 11) is 0. The lowest BCUT2D eigenvalue weighted by molar-refractivity contribution is 0.691. The third kappa shape index (κ3) is 3.28. The van der Waals surface area contributed by atoms with Crippen LogP contribution in [0.3, 0.4) is 0 Å². The van der Waals surface area contributed by atoms with Crippen molar-refractivity contribution in [1.29, 1.82) is 0 Å². The number of aromatic nitrogens is 2. The number of allylic oxidation sites excluding steroid dienone is 2. The van der Waals surface area contributed by atoms with Crippen molar-refractivity contribution in [2.24, 2.45) is 0 Å². The zero-order valence-corrected chi connectivity index (χ0v) is 19.1. The Balaban J connectivity index is 1.42. The molecule has 5 aromatic rings. The molecule has 2 aliphatic rings. The molecule has 1 aliphatic heterocycles. The molecule has 2 atom stereocenters. The van der Waals surface area contributed by atoms with Crippen LogP contribution in [-0.2, 0) is 0 Å². The molecule has 3 nitrogen and oxygen atoms in total. The van der Waals surface area contributed by atoms with E-state index in [1.54, 1.807) is 0 Å². The summed E-state index contributed by atoms with van der Waals surface area (Å²) in [5.74, 6) is 1.15. The van der Waals surface area contributed by atoms with Crippen LogP contribution < -0.4 is 4.90 Å². The van der Waals surface area contributed by atoms with E-state index in [-0.39, 0.29) is 12.0 Å². The lowest BCUT2D eigenvalue weighted by Crippen LogP contribution is -2.35. The highest BCUT2D eigenvalue weighted by Gasteiger charge is 2.34. The summed E-state index contributed by atoms with van der Waals surface area (Å²) in [6.07, 6.45) is 10.8. The molecule has 1 aliphatic carbocycles. The molecule has 0 fully saturated rings. The molecule has 3 heterocycles. The highest BCUT2D eigenvalue weighted by atomic mass is 15.2. The molecule has 3 heteroatoms. The Morgan fingerprint density at radius 1 is 0.686 bits per heavy atom. The van der Waals surface area contributed by atoms with Gasteiger partial charge >= 0.3 is 0 Å². The predicted octanol–water partition coefficient (Wildman–Crippen LogP) is 7.69. The quantitative estimate of drug-likeness (QED) is 0.277. The Hall–Kier alpha value is -4.50. The fourth-order valence-electron chi connectivity index (χ4n) is 5.45. The molecule has 0 spiro atoms. The summed E-state index contributed by atoms with van der Waals surface area (Å²) in [4.78, 5) is 12.2. The number of hydrogen-bond donors (Lipinski definition) is 0. The Kier molecular flexibility index (Phi) is 4.59. The van der Waals surface area contributed by atoms with E-state index >= 15 is 0 Å². The van der Waals surface area contributed by atoms with Crippen molar-refractivity contribution >= 4 is 22.4 Å². The van der Waals surface area contributed by atoms with Crippen molar-refractivity contribution in [3.8, 4) is 22.4 Å². The third-order valence-corrected chi connectivity index (χ3v) is 7.06. The molecular weight excluding hydrogens is 426 g/mol. The summed E-state index contributed by atoms with van der Waals surface area (Å²) >= 11 is 0. The molecular formula is C32H23N3. The lowest BCUT2D eigenvalue weighted by Gasteiger charge is -2.35. The number of benzene rings is 3. The maximum atomic E-state index is 4.94. The van der Waals surface area contributed by atoms with Crippen LogP contribution in [0.5, 0.6) is 0 Å². The first-order valence-corrected chi connectivity index (χ1v) is 12.0. The maximum Gasteiger partial charge on any atom is 0.134 e. The van der Waals surface area contributed by atoms with Gasteiger partial charge in [0, 0.05) is 28.6 Å². The summed E-state index contributed by atoms with van der Waals surface area (Å²) in [5, 5.41) is 1.15. The maximum absolute atomic E-state index is 4.94. The molecule has 0 bridgehead atoms.